The number of rotatable bonds is 4. The van der Waals surface area contributed by atoms with Crippen LogP contribution < -0.4 is 10.5 Å². The second-order valence-electron chi connectivity index (χ2n) is 3.47. The Kier molecular flexibility index (Phi) is 6.29. The van der Waals surface area contributed by atoms with Crippen LogP contribution in [0.25, 0.3) is 0 Å². The first-order valence-corrected chi connectivity index (χ1v) is 4.72. The summed E-state index contributed by atoms with van der Waals surface area (Å²) in [5.74, 6) is 0.674. The molecule has 0 bridgehead atoms. The first-order valence-electron chi connectivity index (χ1n) is 4.72. The average molecular weight is 234 g/mol. The molecule has 1 aromatic rings. The SMILES string of the molecule is CC(C)Oc1ccccc1[C@@H](N)CF.Cl. The van der Waals surface area contributed by atoms with Gasteiger partial charge in [-0.25, -0.2) is 4.39 Å². The van der Waals surface area contributed by atoms with E-state index in [1.807, 2.05) is 32.0 Å². The number of halogens is 2. The smallest absolute Gasteiger partial charge is 0.124 e. The van der Waals surface area contributed by atoms with Gasteiger partial charge in [-0.15, -0.1) is 12.4 Å². The maximum absolute atomic E-state index is 12.4. The molecule has 0 heterocycles. The molecule has 0 aliphatic carbocycles. The van der Waals surface area contributed by atoms with Gasteiger partial charge in [0, 0.05) is 5.56 Å². The van der Waals surface area contributed by atoms with Crippen LogP contribution in [0, 0.1) is 0 Å². The highest BCUT2D eigenvalue weighted by atomic mass is 35.5. The molecule has 0 spiro atoms. The van der Waals surface area contributed by atoms with E-state index in [0.717, 1.165) is 5.56 Å². The van der Waals surface area contributed by atoms with E-state index in [2.05, 4.69) is 0 Å². The van der Waals surface area contributed by atoms with Gasteiger partial charge in [-0.3, -0.25) is 0 Å². The molecule has 0 amide bonds. The molecule has 0 aliphatic rings. The van der Waals surface area contributed by atoms with Crippen molar-refractivity contribution in [2.45, 2.75) is 26.0 Å². The predicted octanol–water partition coefficient (Wildman–Crippen LogP) is 2.86. The van der Waals surface area contributed by atoms with E-state index in [1.54, 1.807) is 6.07 Å². The van der Waals surface area contributed by atoms with Gasteiger partial charge in [0.1, 0.15) is 12.4 Å². The van der Waals surface area contributed by atoms with Crippen molar-refractivity contribution in [3.8, 4) is 5.75 Å². The monoisotopic (exact) mass is 233 g/mol. The van der Waals surface area contributed by atoms with E-state index >= 15 is 0 Å². The van der Waals surface area contributed by atoms with Crippen LogP contribution in [-0.4, -0.2) is 12.8 Å². The number of hydrogen-bond donors (Lipinski definition) is 1. The molecule has 0 aromatic heterocycles. The Balaban J connectivity index is 0.00000196. The van der Waals surface area contributed by atoms with Crippen molar-refractivity contribution in [1.29, 1.82) is 0 Å². The topological polar surface area (TPSA) is 35.2 Å². The molecular formula is C11H17ClFNO. The van der Waals surface area contributed by atoms with Crippen LogP contribution in [0.2, 0.25) is 0 Å². The summed E-state index contributed by atoms with van der Waals surface area (Å²) in [7, 11) is 0. The van der Waals surface area contributed by atoms with Crippen LogP contribution >= 0.6 is 12.4 Å². The number of benzene rings is 1. The first kappa shape index (κ1) is 14.2. The number of nitrogens with two attached hydrogens (primary N) is 1. The van der Waals surface area contributed by atoms with Gasteiger partial charge in [-0.1, -0.05) is 18.2 Å². The van der Waals surface area contributed by atoms with Crippen molar-refractivity contribution in [1.82, 2.24) is 0 Å². The summed E-state index contributed by atoms with van der Waals surface area (Å²) < 4.78 is 17.9. The Hall–Kier alpha value is -0.800. The minimum atomic E-state index is -0.593. The fourth-order valence-electron chi connectivity index (χ4n) is 1.23. The molecule has 0 fully saturated rings. The van der Waals surface area contributed by atoms with Crippen LogP contribution in [0.4, 0.5) is 4.39 Å². The van der Waals surface area contributed by atoms with E-state index in [-0.39, 0.29) is 18.5 Å². The van der Waals surface area contributed by atoms with Crippen molar-refractivity contribution in [3.05, 3.63) is 29.8 Å². The van der Waals surface area contributed by atoms with Crippen molar-refractivity contribution in [2.24, 2.45) is 5.73 Å². The molecule has 0 unspecified atom stereocenters. The van der Waals surface area contributed by atoms with Crippen LogP contribution in [0.3, 0.4) is 0 Å². The van der Waals surface area contributed by atoms with Crippen LogP contribution in [0.5, 0.6) is 5.75 Å². The number of para-hydroxylation sites is 1. The van der Waals surface area contributed by atoms with E-state index in [1.165, 1.54) is 0 Å². The Morgan fingerprint density at radius 2 is 1.93 bits per heavy atom. The van der Waals surface area contributed by atoms with Crippen molar-refractivity contribution in [2.75, 3.05) is 6.67 Å². The fourth-order valence-corrected chi connectivity index (χ4v) is 1.23. The number of ether oxygens (including phenoxy) is 1. The van der Waals surface area contributed by atoms with Gasteiger partial charge in [-0.2, -0.15) is 0 Å². The lowest BCUT2D eigenvalue weighted by atomic mass is 10.1. The standard InChI is InChI=1S/C11H16FNO.ClH/c1-8(2)14-11-6-4-3-5-9(11)10(13)7-12;/h3-6,8,10H,7,13H2,1-2H3;1H/t10-;/m0./s1. The molecule has 0 radical (unpaired) electrons. The van der Waals surface area contributed by atoms with E-state index in [0.29, 0.717) is 5.75 Å². The summed E-state index contributed by atoms with van der Waals surface area (Å²) in [6.07, 6.45) is 0.0722. The third kappa shape index (κ3) is 4.06. The first-order chi connectivity index (χ1) is 6.65. The minimum Gasteiger partial charge on any atom is -0.491 e. The van der Waals surface area contributed by atoms with Crippen molar-refractivity contribution < 1.29 is 9.13 Å². The molecule has 86 valence electrons. The zero-order valence-corrected chi connectivity index (χ0v) is 9.76. The van der Waals surface area contributed by atoms with Gasteiger partial charge < -0.3 is 10.5 Å². The van der Waals surface area contributed by atoms with Gasteiger partial charge in [0.2, 0.25) is 0 Å². The molecule has 0 aliphatic heterocycles. The van der Waals surface area contributed by atoms with Crippen molar-refractivity contribution >= 4 is 12.4 Å². The molecule has 1 rings (SSSR count). The fraction of sp³-hybridized carbons (Fsp3) is 0.455. The normalized spacial score (nSPS) is 12.1. The summed E-state index contributed by atoms with van der Waals surface area (Å²) in [5, 5.41) is 0. The molecule has 4 heteroatoms. The maximum atomic E-state index is 12.4. The largest absolute Gasteiger partial charge is 0.491 e. The summed E-state index contributed by atoms with van der Waals surface area (Å²) >= 11 is 0. The van der Waals surface area contributed by atoms with Gasteiger partial charge in [0.15, 0.2) is 0 Å². The van der Waals surface area contributed by atoms with Crippen molar-refractivity contribution in [3.63, 3.8) is 0 Å². The maximum Gasteiger partial charge on any atom is 0.124 e. The molecular weight excluding hydrogens is 217 g/mol. The molecule has 1 aromatic carbocycles. The average Bonchev–Trinajstić information content (AvgIpc) is 2.16. The molecule has 2 N–H and O–H groups in total. The molecule has 0 saturated carbocycles. The van der Waals surface area contributed by atoms with Crippen LogP contribution in [-0.2, 0) is 0 Å². The number of alkyl halides is 1. The van der Waals surface area contributed by atoms with Gasteiger partial charge in [0.25, 0.3) is 0 Å². The zero-order chi connectivity index (χ0) is 10.6. The molecule has 15 heavy (non-hydrogen) atoms. The van der Waals surface area contributed by atoms with Gasteiger partial charge in [0.05, 0.1) is 12.1 Å². The van der Waals surface area contributed by atoms with E-state index < -0.39 is 12.7 Å². The van der Waals surface area contributed by atoms with Crippen LogP contribution in [0.1, 0.15) is 25.5 Å². The second kappa shape index (κ2) is 6.64. The summed E-state index contributed by atoms with van der Waals surface area (Å²) in [5.41, 5.74) is 6.34. The third-order valence-electron chi connectivity index (χ3n) is 1.85. The number of hydrogen-bond acceptors (Lipinski definition) is 2. The minimum absolute atomic E-state index is 0. The van der Waals surface area contributed by atoms with Gasteiger partial charge in [-0.05, 0) is 19.9 Å². The highest BCUT2D eigenvalue weighted by Crippen LogP contribution is 2.24. The Bertz CT molecular complexity index is 294. The van der Waals surface area contributed by atoms with E-state index in [9.17, 15) is 4.39 Å². The Labute approximate surface area is 96.0 Å². The summed E-state index contributed by atoms with van der Waals surface area (Å²) in [4.78, 5) is 0. The Morgan fingerprint density at radius 3 is 2.47 bits per heavy atom. The lowest BCUT2D eigenvalue weighted by Crippen LogP contribution is -2.15. The third-order valence-corrected chi connectivity index (χ3v) is 1.85. The molecule has 1 atom stereocenters. The highest BCUT2D eigenvalue weighted by Gasteiger charge is 2.11. The molecule has 0 saturated heterocycles. The predicted molar refractivity (Wildman–Crippen MR) is 62.4 cm³/mol. The second-order valence-corrected chi connectivity index (χ2v) is 3.47. The quantitative estimate of drug-likeness (QED) is 0.868. The summed E-state index contributed by atoms with van der Waals surface area (Å²) in [6.45, 7) is 3.29. The van der Waals surface area contributed by atoms with Gasteiger partial charge >= 0.3 is 0 Å². The summed E-state index contributed by atoms with van der Waals surface area (Å²) in [6, 6.07) is 6.70. The van der Waals surface area contributed by atoms with Crippen LogP contribution in [0.15, 0.2) is 24.3 Å². The highest BCUT2D eigenvalue weighted by molar-refractivity contribution is 5.85. The molecule has 2 nitrogen and oxygen atoms in total. The lowest BCUT2D eigenvalue weighted by Gasteiger charge is -2.16. The lowest BCUT2D eigenvalue weighted by molar-refractivity contribution is 0.237. The van der Waals surface area contributed by atoms with E-state index in [4.69, 9.17) is 10.5 Å². The Morgan fingerprint density at radius 1 is 1.33 bits per heavy atom. The zero-order valence-electron chi connectivity index (χ0n) is 8.94.